The molecule has 13 heteroatoms. The summed E-state index contributed by atoms with van der Waals surface area (Å²) in [6, 6.07) is 19.3. The minimum Gasteiger partial charge on any atom is -0.467 e. The third-order valence-corrected chi connectivity index (χ3v) is 21.2. The van der Waals surface area contributed by atoms with Gasteiger partial charge in [-0.2, -0.15) is 0 Å². The molecule has 1 spiro atoms. The van der Waals surface area contributed by atoms with Crippen LogP contribution in [-0.2, 0) is 59.2 Å². The summed E-state index contributed by atoms with van der Waals surface area (Å²) in [5.41, 5.74) is -0.591. The predicted octanol–water partition coefficient (Wildman–Crippen LogP) is 9.02. The smallest absolute Gasteiger partial charge is 0.467 e. The van der Waals surface area contributed by atoms with Gasteiger partial charge in [0.25, 0.3) is 0 Å². The third-order valence-electron chi connectivity index (χ3n) is 10.9. The first-order valence-corrected chi connectivity index (χ1v) is 24.7. The second kappa shape index (κ2) is 15.7. The minimum atomic E-state index is -3.96. The highest BCUT2D eigenvalue weighted by molar-refractivity contribution is 7.48. The standard InChI is InChI=1S/C37H59O10PSi2/c1-34(2,3)49(8,9)46-32-31(42-28-41-23-29-18-14-12-15-19-29)22-37(33(38)40-7,47-50(10,11)35(4,5)6)25-36(32)26-44-48(39,45-27-36)43-24-30-20-16-13-17-21-30/h12-21,31-32H,22-28H2,1-11H3/t31-,32+,36?,37-,48?/m1/s1. The van der Waals surface area contributed by atoms with Crippen LogP contribution >= 0.6 is 7.82 Å². The molecular weight excluding hydrogens is 692 g/mol. The van der Waals surface area contributed by atoms with Crippen molar-refractivity contribution in [3.05, 3.63) is 71.8 Å². The highest BCUT2D eigenvalue weighted by Gasteiger charge is 2.65. The maximum Gasteiger partial charge on any atom is 0.475 e. The molecule has 50 heavy (non-hydrogen) atoms. The second-order valence-electron chi connectivity index (χ2n) is 16.8. The topological polar surface area (TPSA) is 108 Å². The number of carbonyl (C=O) groups excluding carboxylic acids is 1. The molecule has 2 aromatic carbocycles. The Morgan fingerprint density at radius 3 is 1.86 bits per heavy atom. The lowest BCUT2D eigenvalue weighted by atomic mass is 9.65. The van der Waals surface area contributed by atoms with E-state index >= 15 is 0 Å². The molecule has 2 aliphatic rings. The number of phosphoric acid groups is 1. The fourth-order valence-corrected chi connectivity index (χ4v) is 10.2. The molecule has 280 valence electrons. The van der Waals surface area contributed by atoms with Gasteiger partial charge in [0.05, 0.1) is 45.7 Å². The maximum absolute atomic E-state index is 14.1. The van der Waals surface area contributed by atoms with Gasteiger partial charge in [0.15, 0.2) is 22.2 Å². The zero-order valence-corrected chi connectivity index (χ0v) is 34.8. The van der Waals surface area contributed by atoms with Crippen LogP contribution in [0.25, 0.3) is 0 Å². The molecule has 1 saturated heterocycles. The van der Waals surface area contributed by atoms with Crippen molar-refractivity contribution in [3.8, 4) is 0 Å². The predicted molar refractivity (Wildman–Crippen MR) is 198 cm³/mol. The summed E-state index contributed by atoms with van der Waals surface area (Å²) >= 11 is 0. The van der Waals surface area contributed by atoms with Gasteiger partial charge in [-0.25, -0.2) is 9.36 Å². The molecule has 0 unspecified atom stereocenters. The fraction of sp³-hybridized carbons (Fsp3) is 0.649. The van der Waals surface area contributed by atoms with Gasteiger partial charge in [-0.05, 0) is 53.8 Å². The summed E-state index contributed by atoms with van der Waals surface area (Å²) in [7, 11) is -7.65. The third kappa shape index (κ3) is 9.63. The van der Waals surface area contributed by atoms with Gasteiger partial charge in [0.2, 0.25) is 0 Å². The van der Waals surface area contributed by atoms with Gasteiger partial charge in [-0.15, -0.1) is 0 Å². The molecule has 2 fully saturated rings. The number of ether oxygens (including phenoxy) is 3. The zero-order valence-electron chi connectivity index (χ0n) is 31.9. The van der Waals surface area contributed by atoms with E-state index in [1.807, 2.05) is 60.7 Å². The normalized spacial score (nSPS) is 28.1. The molecule has 1 aliphatic carbocycles. The molecule has 0 radical (unpaired) electrons. The number of carbonyl (C=O) groups is 1. The number of phosphoric ester groups is 1. The van der Waals surface area contributed by atoms with Crippen molar-refractivity contribution >= 4 is 30.4 Å². The summed E-state index contributed by atoms with van der Waals surface area (Å²) in [5.74, 6) is -0.500. The van der Waals surface area contributed by atoms with E-state index in [1.54, 1.807) is 0 Å². The lowest BCUT2D eigenvalue weighted by Gasteiger charge is -2.58. The number of benzene rings is 2. The maximum atomic E-state index is 14.1. The van der Waals surface area contributed by atoms with Gasteiger partial charge in [0.1, 0.15) is 6.79 Å². The zero-order chi connectivity index (χ0) is 37.1. The Morgan fingerprint density at radius 2 is 1.36 bits per heavy atom. The van der Waals surface area contributed by atoms with Crippen LogP contribution in [0.2, 0.25) is 36.3 Å². The van der Waals surface area contributed by atoms with E-state index in [0.29, 0.717) is 6.61 Å². The molecule has 3 atom stereocenters. The lowest BCUT2D eigenvalue weighted by Crippen LogP contribution is -2.68. The van der Waals surface area contributed by atoms with E-state index in [-0.39, 0.29) is 49.5 Å². The van der Waals surface area contributed by atoms with Crippen molar-refractivity contribution in [2.75, 3.05) is 27.1 Å². The molecule has 10 nitrogen and oxygen atoms in total. The molecule has 1 aliphatic heterocycles. The van der Waals surface area contributed by atoms with Crippen LogP contribution in [0, 0.1) is 5.41 Å². The van der Waals surface area contributed by atoms with E-state index in [0.717, 1.165) is 11.1 Å². The Kier molecular flexibility index (Phi) is 12.9. The largest absolute Gasteiger partial charge is 0.475 e. The van der Waals surface area contributed by atoms with Crippen molar-refractivity contribution in [1.82, 2.24) is 0 Å². The SMILES string of the molecule is COC(=O)[C@@]1(O[Si](C)(C)C(C)(C)C)C[C@@H](OCOCc2ccccc2)[C@H](O[Si](C)(C)C(C)(C)C)C2(COP(=O)(OCc3ccccc3)OC2)C1. The Bertz CT molecular complexity index is 1450. The van der Waals surface area contributed by atoms with Crippen LogP contribution in [0.4, 0.5) is 0 Å². The van der Waals surface area contributed by atoms with Crippen molar-refractivity contribution in [1.29, 1.82) is 0 Å². The van der Waals surface area contributed by atoms with Crippen molar-refractivity contribution < 1.29 is 46.0 Å². The van der Waals surface area contributed by atoms with Crippen LogP contribution in [0.1, 0.15) is 65.5 Å². The molecule has 4 rings (SSSR count). The summed E-state index contributed by atoms with van der Waals surface area (Å²) in [4.78, 5) is 14.1. The first-order chi connectivity index (χ1) is 23.2. The van der Waals surface area contributed by atoms with E-state index in [1.165, 1.54) is 7.11 Å². The Balaban J connectivity index is 1.74. The van der Waals surface area contributed by atoms with E-state index in [2.05, 4.69) is 67.7 Å². The second-order valence-corrected chi connectivity index (χ2v) is 28.0. The Morgan fingerprint density at radius 1 is 0.840 bits per heavy atom. The molecule has 2 aromatic rings. The van der Waals surface area contributed by atoms with Crippen LogP contribution in [-0.4, -0.2) is 67.5 Å². The fourth-order valence-electron chi connectivity index (χ4n) is 5.94. The molecule has 1 saturated carbocycles. The lowest BCUT2D eigenvalue weighted by molar-refractivity contribution is -0.230. The first-order valence-electron chi connectivity index (χ1n) is 17.4. The first kappa shape index (κ1) is 41.1. The molecule has 0 N–H and O–H groups in total. The van der Waals surface area contributed by atoms with E-state index in [9.17, 15) is 9.36 Å². The minimum absolute atomic E-state index is 0.0509. The highest BCUT2D eigenvalue weighted by Crippen LogP contribution is 2.61. The number of hydrogen-bond acceptors (Lipinski definition) is 10. The molecular formula is C37H59O10PSi2. The average Bonchev–Trinajstić information content (AvgIpc) is 3.04. The Labute approximate surface area is 301 Å². The van der Waals surface area contributed by atoms with Gasteiger partial charge in [-0.1, -0.05) is 102 Å². The van der Waals surface area contributed by atoms with Crippen LogP contribution in [0.15, 0.2) is 60.7 Å². The van der Waals surface area contributed by atoms with Crippen LogP contribution in [0.5, 0.6) is 0 Å². The number of rotatable bonds is 13. The molecule has 0 bridgehead atoms. The van der Waals surface area contributed by atoms with Gasteiger partial charge in [0, 0.05) is 11.8 Å². The van der Waals surface area contributed by atoms with Crippen molar-refractivity contribution in [2.24, 2.45) is 5.41 Å². The number of hydrogen-bond donors (Lipinski definition) is 0. The monoisotopic (exact) mass is 750 g/mol. The molecule has 0 aromatic heterocycles. The van der Waals surface area contributed by atoms with Gasteiger partial charge < -0.3 is 23.1 Å². The number of methoxy groups -OCH3 is 1. The van der Waals surface area contributed by atoms with Crippen LogP contribution in [0.3, 0.4) is 0 Å². The summed E-state index contributed by atoms with van der Waals surface area (Å²) in [5, 5.41) is -0.368. The Hall–Kier alpha value is -1.71. The van der Waals surface area contributed by atoms with Crippen LogP contribution < -0.4 is 0 Å². The van der Waals surface area contributed by atoms with Gasteiger partial charge in [-0.3, -0.25) is 13.6 Å². The van der Waals surface area contributed by atoms with E-state index in [4.69, 9.17) is 36.6 Å². The quantitative estimate of drug-likeness (QED) is 0.0647. The summed E-state index contributed by atoms with van der Waals surface area (Å²) < 4.78 is 64.3. The van der Waals surface area contributed by atoms with Gasteiger partial charge >= 0.3 is 13.8 Å². The number of esters is 1. The summed E-state index contributed by atoms with van der Waals surface area (Å²) in [6.07, 6.45) is -0.980. The summed E-state index contributed by atoms with van der Waals surface area (Å²) in [6.45, 7) is 21.7. The molecule has 0 amide bonds. The van der Waals surface area contributed by atoms with Crippen molar-refractivity contribution in [3.63, 3.8) is 0 Å². The van der Waals surface area contributed by atoms with E-state index < -0.39 is 53.7 Å². The van der Waals surface area contributed by atoms with Crippen molar-refractivity contribution in [2.45, 2.75) is 122 Å². The molecule has 1 heterocycles. The average molecular weight is 751 g/mol. The highest BCUT2D eigenvalue weighted by atomic mass is 31.2.